The Bertz CT molecular complexity index is 836. The Kier molecular flexibility index (Phi) is 3.24. The Morgan fingerprint density at radius 1 is 1.30 bits per heavy atom. The van der Waals surface area contributed by atoms with Gasteiger partial charge in [0.1, 0.15) is 17.1 Å². The first-order valence-electron chi connectivity index (χ1n) is 7.53. The fourth-order valence-electron chi connectivity index (χ4n) is 3.15. The van der Waals surface area contributed by atoms with Crippen molar-refractivity contribution in [3.8, 4) is 0 Å². The maximum absolute atomic E-state index is 10.8. The van der Waals surface area contributed by atoms with Crippen LogP contribution in [0.1, 0.15) is 17.7 Å². The highest BCUT2D eigenvalue weighted by Gasteiger charge is 2.40. The van der Waals surface area contributed by atoms with E-state index in [4.69, 9.17) is 0 Å². The molecule has 23 heavy (non-hydrogen) atoms. The fraction of sp³-hybridized carbons (Fsp3) is 0.312. The topological polar surface area (TPSA) is 98.2 Å². The van der Waals surface area contributed by atoms with E-state index in [2.05, 4.69) is 20.4 Å². The number of para-hydroxylation sites is 1. The number of aromatic amines is 1. The van der Waals surface area contributed by atoms with Gasteiger partial charge in [0.25, 0.3) is 0 Å². The van der Waals surface area contributed by atoms with Crippen LogP contribution in [0, 0.1) is 0 Å². The van der Waals surface area contributed by atoms with Gasteiger partial charge in [-0.2, -0.15) is 15.4 Å². The zero-order valence-corrected chi connectivity index (χ0v) is 12.5. The van der Waals surface area contributed by atoms with E-state index >= 15 is 0 Å². The van der Waals surface area contributed by atoms with Crippen molar-refractivity contribution in [3.05, 3.63) is 47.8 Å². The molecule has 1 aromatic carbocycles. The van der Waals surface area contributed by atoms with Crippen LogP contribution in [0.3, 0.4) is 0 Å². The number of fused-ring (bicyclic) bond motifs is 1. The first kappa shape index (κ1) is 14.1. The number of aromatic nitrogens is 4. The lowest BCUT2D eigenvalue weighted by molar-refractivity contribution is 0.0559. The highest BCUT2D eigenvalue weighted by atomic mass is 16.3. The van der Waals surface area contributed by atoms with E-state index in [9.17, 15) is 10.2 Å². The summed E-state index contributed by atoms with van der Waals surface area (Å²) in [5.74, 6) is 0.714. The SMILES string of the molecule is OCc1cc2ccccc2nc1N1CCC(O)(c2cn[nH]n2)C1. The van der Waals surface area contributed by atoms with Crippen LogP contribution in [0.5, 0.6) is 0 Å². The zero-order valence-electron chi connectivity index (χ0n) is 12.5. The maximum atomic E-state index is 10.8. The van der Waals surface area contributed by atoms with Crippen LogP contribution in [0.15, 0.2) is 36.5 Å². The molecule has 1 fully saturated rings. The van der Waals surface area contributed by atoms with Crippen LogP contribution in [0.4, 0.5) is 5.82 Å². The molecule has 2 aromatic heterocycles. The summed E-state index contributed by atoms with van der Waals surface area (Å²) in [5, 5.41) is 31.8. The molecule has 3 aromatic rings. The summed E-state index contributed by atoms with van der Waals surface area (Å²) in [6, 6.07) is 9.75. The molecule has 0 radical (unpaired) electrons. The molecule has 7 nitrogen and oxygen atoms in total. The van der Waals surface area contributed by atoms with Crippen molar-refractivity contribution in [3.63, 3.8) is 0 Å². The molecule has 1 unspecified atom stereocenters. The van der Waals surface area contributed by atoms with E-state index in [1.807, 2.05) is 35.2 Å². The van der Waals surface area contributed by atoms with E-state index in [0.717, 1.165) is 16.5 Å². The van der Waals surface area contributed by atoms with Crippen molar-refractivity contribution in [1.82, 2.24) is 20.4 Å². The van der Waals surface area contributed by atoms with Crippen LogP contribution in [0.2, 0.25) is 0 Å². The number of nitrogens with one attached hydrogen (secondary N) is 1. The van der Waals surface area contributed by atoms with Gasteiger partial charge in [0.2, 0.25) is 0 Å². The van der Waals surface area contributed by atoms with Gasteiger partial charge in [0, 0.05) is 23.9 Å². The fourth-order valence-corrected chi connectivity index (χ4v) is 3.15. The molecule has 0 aliphatic carbocycles. The smallest absolute Gasteiger partial charge is 0.134 e. The van der Waals surface area contributed by atoms with E-state index in [-0.39, 0.29) is 6.61 Å². The standard InChI is InChI=1S/C16H17N5O2/c22-9-12-7-11-3-1-2-4-13(11)18-15(12)21-6-5-16(23,10-21)14-8-17-20-19-14/h1-4,7-8,22-23H,5-6,9-10H2,(H,17,19,20). The summed E-state index contributed by atoms with van der Waals surface area (Å²) in [6.45, 7) is 0.922. The second-order valence-corrected chi connectivity index (χ2v) is 5.88. The molecule has 4 rings (SSSR count). The van der Waals surface area contributed by atoms with Crippen molar-refractivity contribution >= 4 is 16.7 Å². The van der Waals surface area contributed by atoms with Crippen molar-refractivity contribution in [2.24, 2.45) is 0 Å². The third-order valence-corrected chi connectivity index (χ3v) is 4.39. The Morgan fingerprint density at radius 3 is 2.96 bits per heavy atom. The predicted octanol–water partition coefficient (Wildman–Crippen LogP) is 0.943. The number of benzene rings is 1. The average Bonchev–Trinajstić information content (AvgIpc) is 3.24. The summed E-state index contributed by atoms with van der Waals surface area (Å²) in [5.41, 5.74) is 1.11. The number of nitrogens with zero attached hydrogens (tertiary/aromatic N) is 4. The molecule has 3 N–H and O–H groups in total. The van der Waals surface area contributed by atoms with Crippen LogP contribution in [0.25, 0.3) is 10.9 Å². The van der Waals surface area contributed by atoms with Crippen LogP contribution in [-0.4, -0.2) is 43.7 Å². The number of aliphatic hydroxyl groups excluding tert-OH is 1. The van der Waals surface area contributed by atoms with Crippen LogP contribution < -0.4 is 4.90 Å². The lowest BCUT2D eigenvalue weighted by Gasteiger charge is -2.23. The third-order valence-electron chi connectivity index (χ3n) is 4.39. The summed E-state index contributed by atoms with van der Waals surface area (Å²) < 4.78 is 0. The van der Waals surface area contributed by atoms with Crippen molar-refractivity contribution in [2.45, 2.75) is 18.6 Å². The lowest BCUT2D eigenvalue weighted by atomic mass is 10.00. The highest BCUT2D eigenvalue weighted by molar-refractivity contribution is 5.81. The lowest BCUT2D eigenvalue weighted by Crippen LogP contribution is -2.32. The minimum absolute atomic E-state index is 0.0912. The van der Waals surface area contributed by atoms with Gasteiger partial charge in [-0.3, -0.25) is 0 Å². The van der Waals surface area contributed by atoms with Crippen molar-refractivity contribution < 1.29 is 10.2 Å². The largest absolute Gasteiger partial charge is 0.392 e. The van der Waals surface area contributed by atoms with Gasteiger partial charge in [0.05, 0.1) is 24.9 Å². The van der Waals surface area contributed by atoms with E-state index in [1.165, 1.54) is 0 Å². The molecule has 1 saturated heterocycles. The molecule has 3 heterocycles. The van der Waals surface area contributed by atoms with E-state index in [1.54, 1.807) is 6.20 Å². The number of pyridine rings is 1. The van der Waals surface area contributed by atoms with Gasteiger partial charge in [-0.1, -0.05) is 18.2 Å². The molecule has 0 bridgehead atoms. The minimum atomic E-state index is -1.05. The van der Waals surface area contributed by atoms with Gasteiger partial charge in [-0.05, 0) is 12.1 Å². The second kappa shape index (κ2) is 5.29. The molecule has 1 aliphatic rings. The highest BCUT2D eigenvalue weighted by Crippen LogP contribution is 2.34. The van der Waals surface area contributed by atoms with Gasteiger partial charge in [-0.15, -0.1) is 0 Å². The number of hydrogen-bond donors (Lipinski definition) is 3. The van der Waals surface area contributed by atoms with E-state index in [0.29, 0.717) is 31.0 Å². The Hall–Kier alpha value is -2.51. The third kappa shape index (κ3) is 2.34. The Morgan fingerprint density at radius 2 is 2.17 bits per heavy atom. The van der Waals surface area contributed by atoms with E-state index < -0.39 is 5.60 Å². The summed E-state index contributed by atoms with van der Waals surface area (Å²) in [6.07, 6.45) is 2.09. The second-order valence-electron chi connectivity index (χ2n) is 5.88. The normalized spacial score (nSPS) is 21.2. The number of aliphatic hydroxyl groups is 2. The number of anilines is 1. The average molecular weight is 311 g/mol. The van der Waals surface area contributed by atoms with Crippen molar-refractivity contribution in [2.75, 3.05) is 18.0 Å². The Balaban J connectivity index is 1.72. The number of H-pyrrole nitrogens is 1. The van der Waals surface area contributed by atoms with Gasteiger partial charge >= 0.3 is 0 Å². The summed E-state index contributed by atoms with van der Waals surface area (Å²) >= 11 is 0. The molecule has 118 valence electrons. The first-order valence-corrected chi connectivity index (χ1v) is 7.53. The number of hydrogen-bond acceptors (Lipinski definition) is 6. The Labute approximate surface area is 132 Å². The predicted molar refractivity (Wildman–Crippen MR) is 84.8 cm³/mol. The maximum Gasteiger partial charge on any atom is 0.134 e. The van der Waals surface area contributed by atoms with Gasteiger partial charge in [-0.25, -0.2) is 4.98 Å². The molecule has 0 amide bonds. The van der Waals surface area contributed by atoms with Crippen LogP contribution >= 0.6 is 0 Å². The molecule has 0 saturated carbocycles. The number of rotatable bonds is 3. The molecular weight excluding hydrogens is 294 g/mol. The molecule has 1 atom stereocenters. The molecule has 0 spiro atoms. The number of β-amino-alcohol motifs (C(OH)–C–C–N with tert-alkyl or cyclic N) is 1. The quantitative estimate of drug-likeness (QED) is 0.666. The molecular formula is C16H17N5O2. The van der Waals surface area contributed by atoms with Crippen LogP contribution in [-0.2, 0) is 12.2 Å². The summed E-state index contributed by atoms with van der Waals surface area (Å²) in [4.78, 5) is 6.68. The zero-order chi connectivity index (χ0) is 15.9. The minimum Gasteiger partial charge on any atom is -0.392 e. The summed E-state index contributed by atoms with van der Waals surface area (Å²) in [7, 11) is 0. The monoisotopic (exact) mass is 311 g/mol. The van der Waals surface area contributed by atoms with Crippen molar-refractivity contribution in [1.29, 1.82) is 0 Å². The first-order chi connectivity index (χ1) is 11.2. The molecule has 7 heteroatoms. The van der Waals surface area contributed by atoms with Gasteiger partial charge < -0.3 is 15.1 Å². The van der Waals surface area contributed by atoms with Gasteiger partial charge in [0.15, 0.2) is 0 Å². The molecule has 1 aliphatic heterocycles.